The van der Waals surface area contributed by atoms with E-state index in [4.69, 9.17) is 0 Å². The van der Waals surface area contributed by atoms with Gasteiger partial charge in [-0.05, 0) is 36.4 Å². The smallest absolute Gasteiger partial charge is 0.381 e. The van der Waals surface area contributed by atoms with Gasteiger partial charge in [-0.25, -0.2) is 0 Å². The number of aliphatic hydroxyl groups is 1. The normalized spacial score (nSPS) is 14.0. The number of halogens is 3. The number of rotatable bonds is 6. The molecule has 0 aliphatic heterocycles. The lowest BCUT2D eigenvalue weighted by Crippen LogP contribution is -2.57. The van der Waals surface area contributed by atoms with E-state index in [-0.39, 0.29) is 0 Å². The molecule has 1 atom stereocenters. The van der Waals surface area contributed by atoms with Crippen molar-refractivity contribution in [2.75, 3.05) is 30.4 Å². The summed E-state index contributed by atoms with van der Waals surface area (Å²) in [5, 5.41) is 13.9. The van der Waals surface area contributed by atoms with Crippen LogP contribution in [0.3, 0.4) is 0 Å². The average Bonchev–Trinajstić information content (AvgIpc) is 2.66. The van der Waals surface area contributed by atoms with Gasteiger partial charge in [-0.15, -0.1) is 0 Å². The van der Waals surface area contributed by atoms with Crippen LogP contribution in [-0.4, -0.2) is 42.0 Å². The van der Waals surface area contributed by atoms with Crippen molar-refractivity contribution in [1.29, 1.82) is 0 Å². The Morgan fingerprint density at radius 2 is 1.74 bits per heavy atom. The van der Waals surface area contributed by atoms with Crippen molar-refractivity contribution in [3.63, 3.8) is 0 Å². The number of pyridine rings is 1. The minimum atomic E-state index is -4.80. The number of alkyl halides is 3. The molecular formula is C20H20F3N3O. The van der Waals surface area contributed by atoms with E-state index in [1.807, 2.05) is 0 Å². The third-order valence-electron chi connectivity index (χ3n) is 4.44. The summed E-state index contributed by atoms with van der Waals surface area (Å²) in [5.74, 6) is 0. The van der Waals surface area contributed by atoms with Gasteiger partial charge in [0.1, 0.15) is 0 Å². The van der Waals surface area contributed by atoms with Crippen LogP contribution in [0.4, 0.5) is 24.5 Å². The van der Waals surface area contributed by atoms with E-state index in [1.54, 1.807) is 66.9 Å². The summed E-state index contributed by atoms with van der Waals surface area (Å²) >= 11 is 0. The second-order valence-corrected chi connectivity index (χ2v) is 6.45. The Morgan fingerprint density at radius 1 is 1.00 bits per heavy atom. The SMILES string of the molecule is CN(CC(O)(CNc1cccc2ncccc12)C(F)(F)F)c1ccccc1. The molecule has 0 fully saturated rings. The maximum absolute atomic E-state index is 13.7. The molecule has 3 aromatic rings. The molecule has 1 heterocycles. The molecule has 2 aromatic carbocycles. The highest BCUT2D eigenvalue weighted by Gasteiger charge is 2.54. The van der Waals surface area contributed by atoms with Crippen LogP contribution >= 0.6 is 0 Å². The minimum absolute atomic E-state index is 0.491. The Morgan fingerprint density at radius 3 is 2.44 bits per heavy atom. The molecule has 0 bridgehead atoms. The van der Waals surface area contributed by atoms with Crippen LogP contribution in [-0.2, 0) is 0 Å². The predicted molar refractivity (Wildman–Crippen MR) is 101 cm³/mol. The Hall–Kier alpha value is -2.80. The highest BCUT2D eigenvalue weighted by molar-refractivity contribution is 5.91. The first-order valence-corrected chi connectivity index (χ1v) is 8.43. The van der Waals surface area contributed by atoms with Gasteiger partial charge in [0.25, 0.3) is 0 Å². The Bertz CT molecular complexity index is 896. The number of hydrogen-bond acceptors (Lipinski definition) is 4. The first-order chi connectivity index (χ1) is 12.8. The van der Waals surface area contributed by atoms with Crippen molar-refractivity contribution in [2.24, 2.45) is 0 Å². The zero-order chi connectivity index (χ0) is 19.5. The minimum Gasteiger partial charge on any atom is -0.381 e. The zero-order valence-electron chi connectivity index (χ0n) is 14.7. The third kappa shape index (κ3) is 4.14. The highest BCUT2D eigenvalue weighted by Crippen LogP contribution is 2.33. The Labute approximate surface area is 155 Å². The fraction of sp³-hybridized carbons (Fsp3) is 0.250. The first-order valence-electron chi connectivity index (χ1n) is 8.43. The highest BCUT2D eigenvalue weighted by atomic mass is 19.4. The lowest BCUT2D eigenvalue weighted by molar-refractivity contribution is -0.250. The molecule has 0 saturated carbocycles. The number of fused-ring (bicyclic) bond motifs is 1. The van der Waals surface area contributed by atoms with E-state index in [0.717, 1.165) is 0 Å². The van der Waals surface area contributed by atoms with Crippen molar-refractivity contribution in [3.8, 4) is 0 Å². The van der Waals surface area contributed by atoms with Crippen molar-refractivity contribution >= 4 is 22.3 Å². The molecule has 0 spiro atoms. The third-order valence-corrected chi connectivity index (χ3v) is 4.44. The fourth-order valence-corrected chi connectivity index (χ4v) is 2.91. The predicted octanol–water partition coefficient (Wildman–Crippen LogP) is 4.08. The summed E-state index contributed by atoms with van der Waals surface area (Å²) < 4.78 is 41.0. The number of nitrogens with one attached hydrogen (secondary N) is 1. The molecule has 27 heavy (non-hydrogen) atoms. The summed E-state index contributed by atoms with van der Waals surface area (Å²) in [6, 6.07) is 17.3. The van der Waals surface area contributed by atoms with Gasteiger partial charge in [-0.1, -0.05) is 24.3 Å². The van der Waals surface area contributed by atoms with Crippen LogP contribution in [0.1, 0.15) is 0 Å². The second-order valence-electron chi connectivity index (χ2n) is 6.45. The average molecular weight is 375 g/mol. The lowest BCUT2D eigenvalue weighted by atomic mass is 10.0. The van der Waals surface area contributed by atoms with Gasteiger partial charge in [0.05, 0.1) is 18.6 Å². The number of aromatic nitrogens is 1. The number of likely N-dealkylation sites (N-methyl/N-ethyl adjacent to an activating group) is 1. The molecule has 1 aromatic heterocycles. The van der Waals surface area contributed by atoms with E-state index in [0.29, 0.717) is 22.3 Å². The topological polar surface area (TPSA) is 48.4 Å². The molecule has 0 amide bonds. The molecule has 0 aliphatic rings. The summed E-state index contributed by atoms with van der Waals surface area (Å²) in [6.07, 6.45) is -3.18. The van der Waals surface area contributed by atoms with E-state index in [2.05, 4.69) is 10.3 Å². The van der Waals surface area contributed by atoms with E-state index >= 15 is 0 Å². The number of hydrogen-bond donors (Lipinski definition) is 2. The largest absolute Gasteiger partial charge is 0.420 e. The van der Waals surface area contributed by atoms with Gasteiger partial charge in [0.2, 0.25) is 0 Å². The molecule has 2 N–H and O–H groups in total. The molecule has 4 nitrogen and oxygen atoms in total. The summed E-state index contributed by atoms with van der Waals surface area (Å²) in [6.45, 7) is -1.28. The van der Waals surface area contributed by atoms with Crippen LogP contribution < -0.4 is 10.2 Å². The van der Waals surface area contributed by atoms with Gasteiger partial charge >= 0.3 is 6.18 Å². The van der Waals surface area contributed by atoms with Gasteiger partial charge in [-0.3, -0.25) is 4.98 Å². The first kappa shape index (κ1) is 19.0. The van der Waals surface area contributed by atoms with Crippen molar-refractivity contribution in [2.45, 2.75) is 11.8 Å². The molecule has 7 heteroatoms. The molecule has 0 aliphatic carbocycles. The fourth-order valence-electron chi connectivity index (χ4n) is 2.91. The Balaban J connectivity index is 1.82. The standard InChI is InChI=1S/C20H20F3N3O/c1-26(15-7-3-2-4-8-15)14-19(27,20(21,22)23)13-25-18-11-5-10-17-16(18)9-6-12-24-17/h2-12,25,27H,13-14H2,1H3. The summed E-state index contributed by atoms with van der Waals surface area (Å²) in [4.78, 5) is 5.58. The quantitative estimate of drug-likeness (QED) is 0.682. The number of nitrogens with zero attached hydrogens (tertiary/aromatic N) is 2. The van der Waals surface area contributed by atoms with Crippen molar-refractivity contribution in [3.05, 3.63) is 66.9 Å². The summed E-state index contributed by atoms with van der Waals surface area (Å²) in [5.41, 5.74) is -1.18. The molecule has 0 saturated heterocycles. The molecular weight excluding hydrogens is 355 g/mol. The molecule has 0 radical (unpaired) electrons. The second kappa shape index (κ2) is 7.44. The van der Waals surface area contributed by atoms with Crippen molar-refractivity contribution in [1.82, 2.24) is 4.98 Å². The number of para-hydroxylation sites is 1. The van der Waals surface area contributed by atoms with Crippen LogP contribution in [0, 0.1) is 0 Å². The van der Waals surface area contributed by atoms with E-state index in [1.165, 1.54) is 11.9 Å². The maximum atomic E-state index is 13.7. The lowest BCUT2D eigenvalue weighted by Gasteiger charge is -2.35. The number of anilines is 2. The van der Waals surface area contributed by atoms with Gasteiger partial charge in [0, 0.05) is 30.0 Å². The zero-order valence-corrected chi connectivity index (χ0v) is 14.7. The van der Waals surface area contributed by atoms with Crippen LogP contribution in [0.2, 0.25) is 0 Å². The summed E-state index contributed by atoms with van der Waals surface area (Å²) in [7, 11) is 1.52. The van der Waals surface area contributed by atoms with Gasteiger partial charge < -0.3 is 15.3 Å². The van der Waals surface area contributed by atoms with Crippen LogP contribution in [0.25, 0.3) is 10.9 Å². The van der Waals surface area contributed by atoms with Crippen LogP contribution in [0.15, 0.2) is 66.9 Å². The molecule has 3 rings (SSSR count). The van der Waals surface area contributed by atoms with E-state index in [9.17, 15) is 18.3 Å². The monoisotopic (exact) mass is 375 g/mol. The molecule has 1 unspecified atom stereocenters. The van der Waals surface area contributed by atoms with Gasteiger partial charge in [0.15, 0.2) is 5.60 Å². The van der Waals surface area contributed by atoms with Crippen molar-refractivity contribution < 1.29 is 18.3 Å². The number of benzene rings is 2. The Kier molecular flexibility index (Phi) is 5.23. The molecule has 142 valence electrons. The van der Waals surface area contributed by atoms with Crippen LogP contribution in [0.5, 0.6) is 0 Å². The van der Waals surface area contributed by atoms with Gasteiger partial charge in [-0.2, -0.15) is 13.2 Å². The maximum Gasteiger partial charge on any atom is 0.420 e. The van der Waals surface area contributed by atoms with E-state index < -0.39 is 24.9 Å².